The second-order valence-electron chi connectivity index (χ2n) is 12.0. The minimum absolute atomic E-state index is 0.0112. The maximum absolute atomic E-state index is 13.1. The molecule has 1 heterocycles. The molecule has 1 N–H and O–H groups in total. The maximum Gasteiger partial charge on any atom is 0.303 e. The molecule has 2 aromatic rings. The number of aromatic nitrogens is 3. The summed E-state index contributed by atoms with van der Waals surface area (Å²) in [6, 6.07) is 6.09. The lowest BCUT2D eigenvalue weighted by molar-refractivity contribution is -0.137. The van der Waals surface area contributed by atoms with Crippen LogP contribution in [0, 0.1) is 18.3 Å². The van der Waals surface area contributed by atoms with Gasteiger partial charge < -0.3 is 5.11 Å². The minimum atomic E-state index is -0.853. The average Bonchev–Trinajstić information content (AvgIpc) is 3.47. The quantitative estimate of drug-likeness (QED) is 0.374. The summed E-state index contributed by atoms with van der Waals surface area (Å²) in [6.45, 7) is 8.84. The van der Waals surface area contributed by atoms with Crippen LogP contribution in [0.2, 0.25) is 5.02 Å². The van der Waals surface area contributed by atoms with Gasteiger partial charge in [0.05, 0.1) is 17.4 Å². The summed E-state index contributed by atoms with van der Waals surface area (Å²) in [5.41, 5.74) is 4.18. The summed E-state index contributed by atoms with van der Waals surface area (Å²) in [6.07, 6.45) is 6.56. The van der Waals surface area contributed by atoms with Gasteiger partial charge in [0.1, 0.15) is 5.78 Å². The smallest absolute Gasteiger partial charge is 0.303 e. The number of hydrogen-bond acceptors (Lipinski definition) is 4. The van der Waals surface area contributed by atoms with E-state index in [1.165, 1.54) is 6.42 Å². The minimum Gasteiger partial charge on any atom is -0.481 e. The van der Waals surface area contributed by atoms with E-state index in [1.54, 1.807) is 0 Å². The highest BCUT2D eigenvalue weighted by Crippen LogP contribution is 2.49. The Bertz CT molecular complexity index is 1080. The van der Waals surface area contributed by atoms with Crippen molar-refractivity contribution < 1.29 is 14.7 Å². The standard InChI is InChI=1S/C28H38ClN3O3/c1-17-5-6-20(24(29)11-17)14-23(33)15-21(9-10-25(34)35)26-27(19-7-8-19)32(31-30-26)22-12-18(13-22)16-28(2,3)4/h5-6,11,18-19,21-22H,7-10,12-16H2,1-4H3,(H,34,35)/t18?,21-,22?/m1/s1. The van der Waals surface area contributed by atoms with Crippen LogP contribution in [0.15, 0.2) is 18.2 Å². The van der Waals surface area contributed by atoms with E-state index in [-0.39, 0.29) is 31.0 Å². The van der Waals surface area contributed by atoms with Crippen LogP contribution in [-0.2, 0) is 16.0 Å². The van der Waals surface area contributed by atoms with E-state index in [4.69, 9.17) is 11.6 Å². The first-order chi connectivity index (χ1) is 16.5. The lowest BCUT2D eigenvalue weighted by Crippen LogP contribution is -2.31. The lowest BCUT2D eigenvalue weighted by atomic mass is 9.71. The molecule has 0 radical (unpaired) electrons. The Labute approximate surface area is 213 Å². The molecule has 0 amide bonds. The molecule has 6 nitrogen and oxygen atoms in total. The van der Waals surface area contributed by atoms with Gasteiger partial charge in [0.25, 0.3) is 0 Å². The van der Waals surface area contributed by atoms with Gasteiger partial charge in [-0.25, -0.2) is 4.68 Å². The Balaban J connectivity index is 1.51. The first-order valence-corrected chi connectivity index (χ1v) is 13.3. The Morgan fingerprint density at radius 2 is 1.94 bits per heavy atom. The van der Waals surface area contributed by atoms with Gasteiger partial charge in [-0.15, -0.1) is 5.10 Å². The van der Waals surface area contributed by atoms with Crippen molar-refractivity contribution in [2.45, 2.75) is 103 Å². The molecule has 190 valence electrons. The molecule has 0 unspecified atom stereocenters. The summed E-state index contributed by atoms with van der Waals surface area (Å²) in [4.78, 5) is 24.5. The van der Waals surface area contributed by atoms with E-state index >= 15 is 0 Å². The van der Waals surface area contributed by atoms with Crippen molar-refractivity contribution in [3.8, 4) is 0 Å². The summed E-state index contributed by atoms with van der Waals surface area (Å²) >= 11 is 6.36. The van der Waals surface area contributed by atoms with Crippen LogP contribution in [0.3, 0.4) is 0 Å². The number of ketones is 1. The lowest BCUT2D eigenvalue weighted by Gasteiger charge is -2.39. The molecule has 0 aliphatic heterocycles. The zero-order valence-corrected chi connectivity index (χ0v) is 22.1. The number of carbonyl (C=O) groups excluding carboxylic acids is 1. The fraction of sp³-hybridized carbons (Fsp3) is 0.643. The third-order valence-corrected chi connectivity index (χ3v) is 7.70. The van der Waals surface area contributed by atoms with Crippen molar-refractivity contribution in [2.24, 2.45) is 11.3 Å². The fourth-order valence-electron chi connectivity index (χ4n) is 5.55. The molecular weight excluding hydrogens is 462 g/mol. The van der Waals surface area contributed by atoms with Gasteiger partial charge in [0, 0.05) is 36.1 Å². The number of hydrogen-bond donors (Lipinski definition) is 1. The maximum atomic E-state index is 13.1. The first kappa shape index (κ1) is 25.9. The number of halogens is 1. The number of carboxylic acid groups (broad SMARTS) is 1. The highest BCUT2D eigenvalue weighted by Gasteiger charge is 2.40. The van der Waals surface area contributed by atoms with Crippen LogP contribution in [0.25, 0.3) is 0 Å². The highest BCUT2D eigenvalue weighted by atomic mass is 35.5. The highest BCUT2D eigenvalue weighted by molar-refractivity contribution is 6.31. The Morgan fingerprint density at radius 1 is 1.23 bits per heavy atom. The SMILES string of the molecule is Cc1ccc(CC(=O)C[C@@H](CCC(=O)O)c2nnn(C3CC(CC(C)(C)C)C3)c2C2CC2)c(Cl)c1. The second kappa shape index (κ2) is 10.4. The van der Waals surface area contributed by atoms with Gasteiger partial charge in [-0.2, -0.15) is 0 Å². The Morgan fingerprint density at radius 3 is 2.54 bits per heavy atom. The zero-order valence-electron chi connectivity index (χ0n) is 21.4. The molecule has 2 saturated carbocycles. The van der Waals surface area contributed by atoms with Crippen LogP contribution in [0.5, 0.6) is 0 Å². The Kier molecular flexibility index (Phi) is 7.70. The third-order valence-electron chi connectivity index (χ3n) is 7.34. The van der Waals surface area contributed by atoms with Crippen molar-refractivity contribution in [1.29, 1.82) is 0 Å². The number of rotatable bonds is 11. The molecule has 1 aromatic heterocycles. The summed E-state index contributed by atoms with van der Waals surface area (Å²) in [5.74, 6) is 0.0985. The van der Waals surface area contributed by atoms with Gasteiger partial charge in [0.15, 0.2) is 0 Å². The predicted molar refractivity (Wildman–Crippen MR) is 137 cm³/mol. The first-order valence-electron chi connectivity index (χ1n) is 12.9. The number of Topliss-reactive ketones (excluding diaryl/α,β-unsaturated/α-hetero) is 1. The van der Waals surface area contributed by atoms with E-state index in [1.807, 2.05) is 25.1 Å². The molecule has 35 heavy (non-hydrogen) atoms. The van der Waals surface area contributed by atoms with E-state index in [9.17, 15) is 14.7 Å². The largest absolute Gasteiger partial charge is 0.481 e. The average molecular weight is 500 g/mol. The molecule has 1 atom stereocenters. The van der Waals surface area contributed by atoms with Crippen LogP contribution < -0.4 is 0 Å². The predicted octanol–water partition coefficient (Wildman–Crippen LogP) is 6.65. The van der Waals surface area contributed by atoms with Crippen molar-refractivity contribution in [3.63, 3.8) is 0 Å². The zero-order chi connectivity index (χ0) is 25.3. The number of benzene rings is 1. The van der Waals surface area contributed by atoms with Crippen LogP contribution in [0.4, 0.5) is 0 Å². The number of aryl methyl sites for hydroxylation is 1. The molecule has 7 heteroatoms. The van der Waals surface area contributed by atoms with Crippen molar-refractivity contribution >= 4 is 23.4 Å². The number of aliphatic carboxylic acids is 1. The number of carbonyl (C=O) groups is 2. The fourth-order valence-corrected chi connectivity index (χ4v) is 5.85. The van der Waals surface area contributed by atoms with Gasteiger partial charge in [-0.1, -0.05) is 49.7 Å². The topological polar surface area (TPSA) is 85.1 Å². The van der Waals surface area contributed by atoms with Crippen molar-refractivity contribution in [3.05, 3.63) is 45.7 Å². The van der Waals surface area contributed by atoms with Crippen LogP contribution in [-0.4, -0.2) is 31.9 Å². The molecular formula is C28H38ClN3O3. The van der Waals surface area contributed by atoms with Crippen LogP contribution >= 0.6 is 11.6 Å². The molecule has 4 rings (SSSR count). The number of nitrogens with zero attached hydrogens (tertiary/aromatic N) is 3. The van der Waals surface area contributed by atoms with E-state index in [0.29, 0.717) is 34.7 Å². The van der Waals surface area contributed by atoms with Gasteiger partial charge >= 0.3 is 5.97 Å². The van der Waals surface area contributed by atoms with Gasteiger partial charge in [-0.3, -0.25) is 9.59 Å². The van der Waals surface area contributed by atoms with E-state index < -0.39 is 5.97 Å². The molecule has 1 aromatic carbocycles. The van der Waals surface area contributed by atoms with E-state index in [2.05, 4.69) is 35.8 Å². The molecule has 0 saturated heterocycles. The monoisotopic (exact) mass is 499 g/mol. The summed E-state index contributed by atoms with van der Waals surface area (Å²) in [5, 5.41) is 19.1. The van der Waals surface area contributed by atoms with Gasteiger partial charge in [-0.05, 0) is 74.0 Å². The molecule has 0 spiro atoms. The normalized spacial score (nSPS) is 20.9. The van der Waals surface area contributed by atoms with Crippen molar-refractivity contribution in [2.75, 3.05) is 0 Å². The number of carboxylic acids is 1. The molecule has 2 aliphatic carbocycles. The van der Waals surface area contributed by atoms with Crippen LogP contribution in [0.1, 0.15) is 113 Å². The summed E-state index contributed by atoms with van der Waals surface area (Å²) in [7, 11) is 0. The molecule has 0 bridgehead atoms. The summed E-state index contributed by atoms with van der Waals surface area (Å²) < 4.78 is 2.13. The molecule has 2 aliphatic rings. The van der Waals surface area contributed by atoms with Gasteiger partial charge in [0.2, 0.25) is 0 Å². The Hall–Kier alpha value is -2.21. The second-order valence-corrected chi connectivity index (χ2v) is 12.4. The van der Waals surface area contributed by atoms with E-state index in [0.717, 1.165) is 48.2 Å². The third kappa shape index (κ3) is 6.72. The molecule has 2 fully saturated rings. The van der Waals surface area contributed by atoms with Crippen molar-refractivity contribution in [1.82, 2.24) is 15.0 Å².